The number of hydrogen-bond donors (Lipinski definition) is 1. The molecule has 0 saturated heterocycles. The van der Waals surface area contributed by atoms with Crippen molar-refractivity contribution >= 4 is 17.6 Å². The number of hydrogen-bond acceptors (Lipinski definition) is 2. The fraction of sp³-hybridized carbons (Fsp3) is 0.368. The van der Waals surface area contributed by atoms with Gasteiger partial charge in [-0.1, -0.05) is 23.7 Å². The van der Waals surface area contributed by atoms with Crippen molar-refractivity contribution < 1.29 is 9.18 Å². The number of amides is 2. The SMILES string of the molecule is CC(c1ccccn1)N(C)C(=O)NCC1(c2ccc(F)cc2Cl)CC1. The predicted octanol–water partition coefficient (Wildman–Crippen LogP) is 4.31. The van der Waals surface area contributed by atoms with Crippen LogP contribution in [0.3, 0.4) is 0 Å². The number of pyridine rings is 1. The Labute approximate surface area is 152 Å². The van der Waals surface area contributed by atoms with Gasteiger partial charge in [-0.3, -0.25) is 4.98 Å². The second kappa shape index (κ2) is 7.00. The molecule has 2 aromatic rings. The van der Waals surface area contributed by atoms with E-state index in [0.717, 1.165) is 24.1 Å². The minimum atomic E-state index is -0.350. The Kier molecular flexibility index (Phi) is 4.95. The van der Waals surface area contributed by atoms with Crippen LogP contribution in [-0.4, -0.2) is 29.5 Å². The van der Waals surface area contributed by atoms with E-state index in [4.69, 9.17) is 11.6 Å². The molecule has 132 valence electrons. The molecule has 4 nitrogen and oxygen atoms in total. The molecule has 1 heterocycles. The van der Waals surface area contributed by atoms with Crippen LogP contribution in [0, 0.1) is 5.82 Å². The Balaban J connectivity index is 1.64. The minimum absolute atomic E-state index is 0.134. The summed E-state index contributed by atoms with van der Waals surface area (Å²) in [4.78, 5) is 18.4. The highest BCUT2D eigenvalue weighted by atomic mass is 35.5. The number of benzene rings is 1. The van der Waals surface area contributed by atoms with Gasteiger partial charge < -0.3 is 10.2 Å². The summed E-state index contributed by atoms with van der Waals surface area (Å²) in [6.07, 6.45) is 3.57. The highest BCUT2D eigenvalue weighted by molar-refractivity contribution is 6.31. The molecule has 3 rings (SSSR count). The molecule has 1 N–H and O–H groups in total. The van der Waals surface area contributed by atoms with E-state index in [-0.39, 0.29) is 23.3 Å². The standard InChI is InChI=1S/C19H21ClFN3O/c1-13(17-5-3-4-10-22-17)24(2)18(25)23-12-19(8-9-19)15-7-6-14(21)11-16(15)20/h3-7,10-11,13H,8-9,12H2,1-2H3,(H,23,25). The van der Waals surface area contributed by atoms with E-state index in [0.29, 0.717) is 11.6 Å². The Morgan fingerprint density at radius 2 is 2.16 bits per heavy atom. The fourth-order valence-electron chi connectivity index (χ4n) is 2.98. The van der Waals surface area contributed by atoms with Crippen molar-refractivity contribution in [2.24, 2.45) is 0 Å². The van der Waals surface area contributed by atoms with Crippen LogP contribution in [0.5, 0.6) is 0 Å². The van der Waals surface area contributed by atoms with Crippen molar-refractivity contribution in [3.8, 4) is 0 Å². The summed E-state index contributed by atoms with van der Waals surface area (Å²) in [6.45, 7) is 2.42. The molecule has 0 spiro atoms. The van der Waals surface area contributed by atoms with Gasteiger partial charge in [0, 0.05) is 30.2 Å². The summed E-state index contributed by atoms with van der Waals surface area (Å²) in [5.74, 6) is -0.350. The molecule has 6 heteroatoms. The lowest BCUT2D eigenvalue weighted by atomic mass is 9.96. The van der Waals surface area contributed by atoms with Gasteiger partial charge >= 0.3 is 6.03 Å². The van der Waals surface area contributed by atoms with Crippen LogP contribution in [0.25, 0.3) is 0 Å². The first-order valence-corrected chi connectivity index (χ1v) is 8.68. The van der Waals surface area contributed by atoms with Gasteiger partial charge in [-0.15, -0.1) is 0 Å². The summed E-state index contributed by atoms with van der Waals surface area (Å²) in [7, 11) is 1.75. The van der Waals surface area contributed by atoms with Gasteiger partial charge in [0.05, 0.1) is 11.7 Å². The summed E-state index contributed by atoms with van der Waals surface area (Å²) in [5, 5.41) is 3.40. The van der Waals surface area contributed by atoms with Gasteiger partial charge in [-0.05, 0) is 49.6 Å². The molecular weight excluding hydrogens is 341 g/mol. The van der Waals surface area contributed by atoms with Gasteiger partial charge in [0.25, 0.3) is 0 Å². The van der Waals surface area contributed by atoms with Gasteiger partial charge in [-0.25, -0.2) is 9.18 Å². The van der Waals surface area contributed by atoms with Crippen molar-refractivity contribution in [2.75, 3.05) is 13.6 Å². The molecule has 1 unspecified atom stereocenters. The smallest absolute Gasteiger partial charge is 0.317 e. The first-order chi connectivity index (χ1) is 11.9. The number of nitrogens with zero attached hydrogens (tertiary/aromatic N) is 2. The lowest BCUT2D eigenvalue weighted by Crippen LogP contribution is -2.42. The molecule has 25 heavy (non-hydrogen) atoms. The Morgan fingerprint density at radius 1 is 1.40 bits per heavy atom. The van der Waals surface area contributed by atoms with E-state index in [1.807, 2.05) is 25.1 Å². The van der Waals surface area contributed by atoms with Gasteiger partial charge in [0.15, 0.2) is 0 Å². The first-order valence-electron chi connectivity index (χ1n) is 8.30. The zero-order chi connectivity index (χ0) is 18.0. The maximum Gasteiger partial charge on any atom is 0.317 e. The number of carbonyl (C=O) groups is 1. The maximum absolute atomic E-state index is 13.3. The molecule has 2 amide bonds. The van der Waals surface area contributed by atoms with E-state index in [2.05, 4.69) is 10.3 Å². The van der Waals surface area contributed by atoms with Crippen molar-refractivity contribution in [3.63, 3.8) is 0 Å². The van der Waals surface area contributed by atoms with Crippen LogP contribution in [0.2, 0.25) is 5.02 Å². The Morgan fingerprint density at radius 3 is 2.76 bits per heavy atom. The van der Waals surface area contributed by atoms with Gasteiger partial charge in [0.2, 0.25) is 0 Å². The van der Waals surface area contributed by atoms with Gasteiger partial charge in [0.1, 0.15) is 5.82 Å². The van der Waals surface area contributed by atoms with E-state index in [1.165, 1.54) is 12.1 Å². The van der Waals surface area contributed by atoms with Crippen LogP contribution in [0.15, 0.2) is 42.6 Å². The van der Waals surface area contributed by atoms with E-state index >= 15 is 0 Å². The lowest BCUT2D eigenvalue weighted by molar-refractivity contribution is 0.192. The summed E-state index contributed by atoms with van der Waals surface area (Å²) in [5.41, 5.74) is 1.55. The average Bonchev–Trinajstić information content (AvgIpc) is 3.40. The molecule has 0 bridgehead atoms. The zero-order valence-corrected chi connectivity index (χ0v) is 15.1. The highest BCUT2D eigenvalue weighted by Gasteiger charge is 2.45. The quantitative estimate of drug-likeness (QED) is 0.862. The van der Waals surface area contributed by atoms with Crippen LogP contribution >= 0.6 is 11.6 Å². The molecule has 0 aliphatic heterocycles. The summed E-state index contributed by atoms with van der Waals surface area (Å²) >= 11 is 6.19. The Bertz CT molecular complexity index is 765. The number of urea groups is 1. The van der Waals surface area contributed by atoms with E-state index in [1.54, 1.807) is 24.2 Å². The number of nitrogens with one attached hydrogen (secondary N) is 1. The summed E-state index contributed by atoms with van der Waals surface area (Å²) in [6, 6.07) is 9.81. The number of rotatable bonds is 5. The third-order valence-corrected chi connectivity index (χ3v) is 5.26. The molecule has 1 fully saturated rings. The first kappa shape index (κ1) is 17.7. The maximum atomic E-state index is 13.3. The van der Waals surface area contributed by atoms with Crippen molar-refractivity contribution in [1.82, 2.24) is 15.2 Å². The predicted molar refractivity (Wildman–Crippen MR) is 96.1 cm³/mol. The third-order valence-electron chi connectivity index (χ3n) is 4.95. The van der Waals surface area contributed by atoms with E-state index < -0.39 is 0 Å². The van der Waals surface area contributed by atoms with Crippen LogP contribution in [0.4, 0.5) is 9.18 Å². The number of carbonyl (C=O) groups excluding carboxylic acids is 1. The lowest BCUT2D eigenvalue weighted by Gasteiger charge is -2.26. The number of halogens is 2. The van der Waals surface area contributed by atoms with Crippen molar-refractivity contribution in [1.29, 1.82) is 0 Å². The molecule has 1 atom stereocenters. The van der Waals surface area contributed by atoms with Crippen LogP contribution < -0.4 is 5.32 Å². The molecule has 1 aromatic carbocycles. The largest absolute Gasteiger partial charge is 0.337 e. The second-order valence-corrected chi connectivity index (χ2v) is 7.01. The monoisotopic (exact) mass is 361 g/mol. The third kappa shape index (κ3) is 3.76. The van der Waals surface area contributed by atoms with Crippen molar-refractivity contribution in [2.45, 2.75) is 31.2 Å². The minimum Gasteiger partial charge on any atom is -0.337 e. The van der Waals surface area contributed by atoms with Crippen molar-refractivity contribution in [3.05, 3.63) is 64.7 Å². The number of aromatic nitrogens is 1. The fourth-order valence-corrected chi connectivity index (χ4v) is 3.35. The molecule has 1 aliphatic carbocycles. The topological polar surface area (TPSA) is 45.2 Å². The molecule has 1 aliphatic rings. The van der Waals surface area contributed by atoms with E-state index in [9.17, 15) is 9.18 Å². The zero-order valence-electron chi connectivity index (χ0n) is 14.3. The molecular formula is C19H21ClFN3O. The molecule has 1 saturated carbocycles. The normalized spacial score (nSPS) is 16.2. The van der Waals surface area contributed by atoms with Gasteiger partial charge in [-0.2, -0.15) is 0 Å². The average molecular weight is 362 g/mol. The Hall–Kier alpha value is -2.14. The highest BCUT2D eigenvalue weighted by Crippen LogP contribution is 2.50. The molecule has 1 aromatic heterocycles. The van der Waals surface area contributed by atoms with Crippen LogP contribution in [-0.2, 0) is 5.41 Å². The second-order valence-electron chi connectivity index (χ2n) is 6.60. The molecule has 0 radical (unpaired) electrons. The van der Waals surface area contributed by atoms with Crippen LogP contribution in [0.1, 0.15) is 37.1 Å². The summed E-state index contributed by atoms with van der Waals surface area (Å²) < 4.78 is 13.3.